The highest BCUT2D eigenvalue weighted by atomic mass is 35.5. The fourth-order valence-electron chi connectivity index (χ4n) is 1.13. The second-order valence-electron chi connectivity index (χ2n) is 4.43. The molecule has 0 saturated carbocycles. The quantitative estimate of drug-likeness (QED) is 0.811. The summed E-state index contributed by atoms with van der Waals surface area (Å²) in [5.74, 6) is -0.293. The van der Waals surface area contributed by atoms with Gasteiger partial charge in [0.1, 0.15) is 5.82 Å². The second kappa shape index (κ2) is 5.35. The van der Waals surface area contributed by atoms with Crippen molar-refractivity contribution < 1.29 is 4.39 Å². The van der Waals surface area contributed by atoms with Crippen LogP contribution in [0.1, 0.15) is 26.3 Å². The van der Waals surface area contributed by atoms with Crippen molar-refractivity contribution in [1.82, 2.24) is 5.32 Å². The summed E-state index contributed by atoms with van der Waals surface area (Å²) in [5, 5.41) is 3.59. The van der Waals surface area contributed by atoms with Crippen molar-refractivity contribution in [3.05, 3.63) is 34.6 Å². The van der Waals surface area contributed by atoms with E-state index in [1.165, 1.54) is 6.07 Å². The topological polar surface area (TPSA) is 12.0 Å². The second-order valence-corrected chi connectivity index (χ2v) is 5.52. The maximum absolute atomic E-state index is 13.5. The van der Waals surface area contributed by atoms with Crippen LogP contribution in [0.2, 0.25) is 5.02 Å². The van der Waals surface area contributed by atoms with E-state index in [2.05, 4.69) is 5.32 Å². The predicted molar refractivity (Wildman–Crippen MR) is 67.6 cm³/mol. The first-order chi connectivity index (χ1) is 7.33. The van der Waals surface area contributed by atoms with Gasteiger partial charge in [-0.3, -0.25) is 0 Å². The summed E-state index contributed by atoms with van der Waals surface area (Å²) < 4.78 is 13.5. The van der Waals surface area contributed by atoms with Crippen LogP contribution in [0.4, 0.5) is 4.39 Å². The summed E-state index contributed by atoms with van der Waals surface area (Å²) in [4.78, 5) is 0. The number of halogens is 3. The molecule has 0 fully saturated rings. The molecule has 1 rings (SSSR count). The smallest absolute Gasteiger partial charge is 0.129 e. The van der Waals surface area contributed by atoms with E-state index in [-0.39, 0.29) is 16.7 Å². The maximum atomic E-state index is 13.5. The van der Waals surface area contributed by atoms with E-state index in [0.717, 1.165) is 0 Å². The summed E-state index contributed by atoms with van der Waals surface area (Å²) >= 11 is 11.7. The molecule has 0 aromatic heterocycles. The van der Waals surface area contributed by atoms with Gasteiger partial charge in [0, 0.05) is 28.0 Å². The van der Waals surface area contributed by atoms with Gasteiger partial charge in [-0.1, -0.05) is 17.7 Å². The Bertz CT molecular complexity index is 364. The highest BCUT2D eigenvalue weighted by molar-refractivity contribution is 6.30. The van der Waals surface area contributed by atoms with E-state index in [1.54, 1.807) is 12.1 Å². The lowest BCUT2D eigenvalue weighted by atomic mass is 10.0. The molecule has 0 bridgehead atoms. The van der Waals surface area contributed by atoms with E-state index in [0.29, 0.717) is 17.1 Å². The lowest BCUT2D eigenvalue weighted by Gasteiger charge is -2.29. The van der Waals surface area contributed by atoms with Crippen LogP contribution in [0.3, 0.4) is 0 Å². The van der Waals surface area contributed by atoms with Crippen molar-refractivity contribution in [3.63, 3.8) is 0 Å². The fourth-order valence-corrected chi connectivity index (χ4v) is 1.36. The summed E-state index contributed by atoms with van der Waals surface area (Å²) in [7, 11) is 0. The highest BCUT2D eigenvalue weighted by Crippen LogP contribution is 2.18. The third-order valence-electron chi connectivity index (χ3n) is 2.74. The molecule has 90 valence electrons. The minimum absolute atomic E-state index is 0.0390. The van der Waals surface area contributed by atoms with Crippen molar-refractivity contribution in [2.24, 2.45) is 0 Å². The van der Waals surface area contributed by atoms with Crippen LogP contribution >= 0.6 is 23.2 Å². The number of rotatable bonds is 4. The Labute approximate surface area is 106 Å². The maximum Gasteiger partial charge on any atom is 0.129 e. The molecule has 0 saturated heterocycles. The van der Waals surface area contributed by atoms with Crippen LogP contribution in [0.15, 0.2) is 18.2 Å². The number of nitrogens with one attached hydrogen (secondary N) is 1. The zero-order valence-corrected chi connectivity index (χ0v) is 11.2. The Morgan fingerprint density at radius 2 is 2.06 bits per heavy atom. The van der Waals surface area contributed by atoms with Crippen LogP contribution in [0.5, 0.6) is 0 Å². The standard InChI is InChI=1S/C12H16Cl2FN/c1-8(13)12(2,3)16-7-9-4-5-10(14)6-11(9)15/h4-6,8,16H,7H2,1-3H3. The molecule has 1 aromatic rings. The van der Waals surface area contributed by atoms with Crippen molar-refractivity contribution >= 4 is 23.2 Å². The molecule has 0 heterocycles. The van der Waals surface area contributed by atoms with E-state index in [9.17, 15) is 4.39 Å². The summed E-state index contributed by atoms with van der Waals surface area (Å²) in [5.41, 5.74) is 0.350. The molecular formula is C12H16Cl2FN. The molecule has 16 heavy (non-hydrogen) atoms. The predicted octanol–water partition coefficient (Wildman–Crippen LogP) is 3.97. The molecule has 0 aliphatic heterocycles. The van der Waals surface area contributed by atoms with Gasteiger partial charge in [0.05, 0.1) is 0 Å². The van der Waals surface area contributed by atoms with Crippen molar-refractivity contribution in [1.29, 1.82) is 0 Å². The van der Waals surface area contributed by atoms with E-state index < -0.39 is 0 Å². The lowest BCUT2D eigenvalue weighted by Crippen LogP contribution is -2.45. The number of hydrogen-bond acceptors (Lipinski definition) is 1. The van der Waals surface area contributed by atoms with Gasteiger partial charge in [-0.15, -0.1) is 11.6 Å². The van der Waals surface area contributed by atoms with Crippen molar-refractivity contribution in [3.8, 4) is 0 Å². The Hall–Kier alpha value is -0.310. The average molecular weight is 264 g/mol. The van der Waals surface area contributed by atoms with Crippen LogP contribution in [-0.4, -0.2) is 10.9 Å². The Morgan fingerprint density at radius 1 is 1.44 bits per heavy atom. The van der Waals surface area contributed by atoms with Crippen LogP contribution in [0, 0.1) is 5.82 Å². The molecule has 0 radical (unpaired) electrons. The van der Waals surface area contributed by atoms with Gasteiger partial charge in [0.15, 0.2) is 0 Å². The normalized spacial score (nSPS) is 13.9. The van der Waals surface area contributed by atoms with E-state index >= 15 is 0 Å². The molecule has 4 heteroatoms. The minimum Gasteiger partial charge on any atom is -0.306 e. The van der Waals surface area contributed by atoms with Gasteiger partial charge in [-0.25, -0.2) is 4.39 Å². The molecule has 1 aromatic carbocycles. The monoisotopic (exact) mass is 263 g/mol. The van der Waals surface area contributed by atoms with Gasteiger partial charge < -0.3 is 5.32 Å². The van der Waals surface area contributed by atoms with Crippen molar-refractivity contribution in [2.45, 2.75) is 38.2 Å². The molecule has 1 N–H and O–H groups in total. The van der Waals surface area contributed by atoms with Gasteiger partial charge in [-0.2, -0.15) is 0 Å². The van der Waals surface area contributed by atoms with Gasteiger partial charge in [0.2, 0.25) is 0 Å². The third-order valence-corrected chi connectivity index (χ3v) is 3.52. The zero-order chi connectivity index (χ0) is 12.3. The fraction of sp³-hybridized carbons (Fsp3) is 0.500. The minimum atomic E-state index is -0.293. The first-order valence-corrected chi connectivity index (χ1v) is 5.97. The van der Waals surface area contributed by atoms with Crippen LogP contribution in [0.25, 0.3) is 0 Å². The number of hydrogen-bond donors (Lipinski definition) is 1. The Balaban J connectivity index is 2.68. The molecule has 0 aliphatic carbocycles. The first kappa shape index (κ1) is 13.8. The zero-order valence-electron chi connectivity index (χ0n) is 9.65. The van der Waals surface area contributed by atoms with Crippen LogP contribution in [-0.2, 0) is 6.54 Å². The SMILES string of the molecule is CC(Cl)C(C)(C)NCc1ccc(Cl)cc1F. The third kappa shape index (κ3) is 3.62. The molecule has 0 spiro atoms. The van der Waals surface area contributed by atoms with E-state index in [4.69, 9.17) is 23.2 Å². The largest absolute Gasteiger partial charge is 0.306 e. The number of alkyl halides is 1. The molecular weight excluding hydrogens is 248 g/mol. The van der Waals surface area contributed by atoms with Gasteiger partial charge in [-0.05, 0) is 32.9 Å². The molecule has 0 aliphatic rings. The van der Waals surface area contributed by atoms with Crippen molar-refractivity contribution in [2.75, 3.05) is 0 Å². The lowest BCUT2D eigenvalue weighted by molar-refractivity contribution is 0.376. The first-order valence-electron chi connectivity index (χ1n) is 5.16. The Morgan fingerprint density at radius 3 is 2.56 bits per heavy atom. The summed E-state index contributed by atoms with van der Waals surface area (Å²) in [6.45, 7) is 6.32. The van der Waals surface area contributed by atoms with Crippen LogP contribution < -0.4 is 5.32 Å². The van der Waals surface area contributed by atoms with Gasteiger partial charge in [0.25, 0.3) is 0 Å². The average Bonchev–Trinajstić information content (AvgIpc) is 2.16. The number of benzene rings is 1. The Kier molecular flexibility index (Phi) is 4.60. The molecule has 1 unspecified atom stereocenters. The van der Waals surface area contributed by atoms with Gasteiger partial charge >= 0.3 is 0 Å². The summed E-state index contributed by atoms with van der Waals surface area (Å²) in [6, 6.07) is 4.67. The molecule has 1 atom stereocenters. The highest BCUT2D eigenvalue weighted by Gasteiger charge is 2.23. The summed E-state index contributed by atoms with van der Waals surface area (Å²) in [6.07, 6.45) is 0. The molecule has 1 nitrogen and oxygen atoms in total. The molecule has 0 amide bonds. The van der Waals surface area contributed by atoms with E-state index in [1.807, 2.05) is 20.8 Å².